The first kappa shape index (κ1) is 23.0. The van der Waals surface area contributed by atoms with E-state index in [0.29, 0.717) is 12.3 Å². The van der Waals surface area contributed by atoms with Crippen LogP contribution >= 0.6 is 8.25 Å². The van der Waals surface area contributed by atoms with Gasteiger partial charge in [0, 0.05) is 14.2 Å². The lowest BCUT2D eigenvalue weighted by Crippen LogP contribution is -2.15. The van der Waals surface area contributed by atoms with Crippen LogP contribution < -0.4 is 0 Å². The third-order valence-corrected chi connectivity index (χ3v) is 4.47. The largest absolute Gasteiger partial charge is 0.461 e. The third kappa shape index (κ3) is 7.64. The first-order chi connectivity index (χ1) is 12.9. The molecule has 9 heteroatoms. The number of imidazole rings is 1. The van der Waals surface area contributed by atoms with Crippen molar-refractivity contribution in [2.45, 2.75) is 33.1 Å². The molecule has 0 aliphatic heterocycles. The Kier molecular flexibility index (Phi) is 10.6. The number of carbonyl (C=O) groups excluding carboxylic acids is 1. The van der Waals surface area contributed by atoms with Crippen LogP contribution in [0.15, 0.2) is 42.9 Å². The molecular formula is C18H27N2O6P. The molecule has 0 radical (unpaired) electrons. The van der Waals surface area contributed by atoms with Crippen molar-refractivity contribution in [2.75, 3.05) is 20.8 Å². The molecule has 0 fully saturated rings. The molecule has 0 amide bonds. The van der Waals surface area contributed by atoms with Crippen LogP contribution in [-0.2, 0) is 23.1 Å². The quantitative estimate of drug-likeness (QED) is 0.380. The summed E-state index contributed by atoms with van der Waals surface area (Å²) in [4.78, 5) is 15.8. The van der Waals surface area contributed by atoms with Crippen molar-refractivity contribution in [2.24, 2.45) is 0 Å². The van der Waals surface area contributed by atoms with Crippen molar-refractivity contribution in [3.63, 3.8) is 0 Å². The van der Waals surface area contributed by atoms with Gasteiger partial charge in [0.25, 0.3) is 0 Å². The Bertz CT molecular complexity index is 707. The molecule has 0 N–H and O–H groups in total. The average Bonchev–Trinajstić information content (AvgIpc) is 3.18. The second-order valence-corrected chi connectivity index (χ2v) is 6.51. The Morgan fingerprint density at radius 1 is 1.22 bits per heavy atom. The van der Waals surface area contributed by atoms with Crippen molar-refractivity contribution >= 4 is 14.2 Å². The predicted molar refractivity (Wildman–Crippen MR) is 102 cm³/mol. The van der Waals surface area contributed by atoms with Crippen LogP contribution in [0.4, 0.5) is 0 Å². The maximum Gasteiger partial charge on any atom is 0.356 e. The highest BCUT2D eigenvalue weighted by molar-refractivity contribution is 7.33. The molecule has 1 aromatic carbocycles. The van der Waals surface area contributed by atoms with Gasteiger partial charge in [0.2, 0.25) is 0 Å². The summed E-state index contributed by atoms with van der Waals surface area (Å²) in [7, 11) is 0.476. The summed E-state index contributed by atoms with van der Waals surface area (Å²) in [6.45, 7) is 5.82. The number of nitrogens with zero attached hydrogens (tertiary/aromatic N) is 2. The van der Waals surface area contributed by atoms with E-state index in [9.17, 15) is 9.36 Å². The van der Waals surface area contributed by atoms with Gasteiger partial charge < -0.3 is 18.6 Å². The molecule has 3 unspecified atom stereocenters. The summed E-state index contributed by atoms with van der Waals surface area (Å²) >= 11 is 0. The van der Waals surface area contributed by atoms with Crippen LogP contribution in [-0.4, -0.2) is 42.6 Å². The summed E-state index contributed by atoms with van der Waals surface area (Å²) in [5.74, 6) is -0.335. The molecular weight excluding hydrogens is 371 g/mol. The molecule has 0 spiro atoms. The van der Waals surface area contributed by atoms with Crippen molar-refractivity contribution in [1.29, 1.82) is 0 Å². The number of esters is 1. The average molecular weight is 398 g/mol. The smallest absolute Gasteiger partial charge is 0.356 e. The fourth-order valence-electron chi connectivity index (χ4n) is 2.10. The maximum absolute atomic E-state index is 11.8. The molecule has 3 atom stereocenters. The number of aromatic nitrogens is 2. The highest BCUT2D eigenvalue weighted by atomic mass is 31.1. The lowest BCUT2D eigenvalue weighted by Gasteiger charge is -2.16. The molecule has 2 aromatic rings. The van der Waals surface area contributed by atoms with Crippen LogP contribution in [0, 0.1) is 0 Å². The molecule has 27 heavy (non-hydrogen) atoms. The van der Waals surface area contributed by atoms with E-state index in [1.807, 2.05) is 41.8 Å². The predicted octanol–water partition coefficient (Wildman–Crippen LogP) is 3.70. The topological polar surface area (TPSA) is 88.9 Å². The molecule has 8 nitrogen and oxygen atoms in total. The van der Waals surface area contributed by atoms with Gasteiger partial charge in [-0.15, -0.1) is 0 Å². The van der Waals surface area contributed by atoms with Gasteiger partial charge in [-0.05, 0) is 26.3 Å². The Morgan fingerprint density at radius 2 is 1.89 bits per heavy atom. The molecule has 150 valence electrons. The van der Waals surface area contributed by atoms with Crippen LogP contribution in [0.5, 0.6) is 0 Å². The molecule has 0 aliphatic rings. The standard InChI is InChI=1S/C14H16N2O2.C4H11O4P/c1-3-18-14(17)13-9-15-10-16(13)11(2)12-7-5-4-6-8-12;1-4(6-2)8-9(5)7-3/h4-11H,3H2,1-2H3;4,9H,1-3H3. The monoisotopic (exact) mass is 398 g/mol. The minimum Gasteiger partial charge on any atom is -0.461 e. The van der Waals surface area contributed by atoms with Gasteiger partial charge in [0.15, 0.2) is 6.29 Å². The number of hydrogen-bond acceptors (Lipinski definition) is 7. The van der Waals surface area contributed by atoms with E-state index < -0.39 is 14.5 Å². The summed E-state index contributed by atoms with van der Waals surface area (Å²) < 4.78 is 30.9. The van der Waals surface area contributed by atoms with Crippen LogP contribution in [0.1, 0.15) is 42.9 Å². The number of carbonyl (C=O) groups is 1. The van der Waals surface area contributed by atoms with E-state index in [-0.39, 0.29) is 12.0 Å². The van der Waals surface area contributed by atoms with E-state index in [2.05, 4.69) is 18.8 Å². The van der Waals surface area contributed by atoms with Crippen molar-refractivity contribution in [3.05, 3.63) is 54.1 Å². The van der Waals surface area contributed by atoms with Crippen molar-refractivity contribution in [1.82, 2.24) is 9.55 Å². The highest BCUT2D eigenvalue weighted by Gasteiger charge is 2.17. The number of rotatable bonds is 8. The number of methoxy groups -OCH3 is 1. The zero-order valence-electron chi connectivity index (χ0n) is 16.2. The first-order valence-electron chi connectivity index (χ1n) is 8.45. The Morgan fingerprint density at radius 3 is 2.44 bits per heavy atom. The van der Waals surface area contributed by atoms with E-state index in [0.717, 1.165) is 5.56 Å². The third-order valence-electron chi connectivity index (χ3n) is 3.61. The fourth-order valence-corrected chi connectivity index (χ4v) is 2.56. The van der Waals surface area contributed by atoms with Crippen LogP contribution in [0.2, 0.25) is 0 Å². The zero-order valence-corrected chi connectivity index (χ0v) is 17.2. The van der Waals surface area contributed by atoms with Crippen LogP contribution in [0.3, 0.4) is 0 Å². The first-order valence-corrected chi connectivity index (χ1v) is 9.68. The number of benzene rings is 1. The molecule has 1 aromatic heterocycles. The summed E-state index contributed by atoms with van der Waals surface area (Å²) in [5, 5.41) is 0. The Hall–Kier alpha value is -1.99. The van der Waals surface area contributed by atoms with Gasteiger partial charge in [0.1, 0.15) is 5.69 Å². The maximum atomic E-state index is 11.8. The molecule has 0 bridgehead atoms. The van der Waals surface area contributed by atoms with E-state index in [1.165, 1.54) is 20.4 Å². The summed E-state index contributed by atoms with van der Waals surface area (Å²) in [6, 6.07) is 10.0. The van der Waals surface area contributed by atoms with Crippen molar-refractivity contribution in [3.8, 4) is 0 Å². The minimum absolute atomic E-state index is 0.0492. The minimum atomic E-state index is -2.32. The second kappa shape index (κ2) is 12.4. The van der Waals surface area contributed by atoms with E-state index in [4.69, 9.17) is 4.74 Å². The van der Waals surface area contributed by atoms with E-state index in [1.54, 1.807) is 20.2 Å². The molecule has 1 heterocycles. The van der Waals surface area contributed by atoms with Gasteiger partial charge in [0.05, 0.1) is 25.2 Å². The van der Waals surface area contributed by atoms with E-state index >= 15 is 0 Å². The van der Waals surface area contributed by atoms with Gasteiger partial charge in [-0.3, -0.25) is 9.09 Å². The lowest BCUT2D eigenvalue weighted by atomic mass is 10.1. The normalized spacial score (nSPS) is 13.8. The van der Waals surface area contributed by atoms with Crippen molar-refractivity contribution < 1.29 is 27.9 Å². The fraction of sp³-hybridized carbons (Fsp3) is 0.444. The number of ether oxygens (including phenoxy) is 2. The molecule has 0 saturated carbocycles. The molecule has 2 rings (SSSR count). The Labute approximate surface area is 160 Å². The van der Waals surface area contributed by atoms with Gasteiger partial charge in [-0.25, -0.2) is 9.78 Å². The summed E-state index contributed by atoms with van der Waals surface area (Å²) in [6.07, 6.45) is 2.73. The Balaban J connectivity index is 0.000000345. The molecule has 0 saturated heterocycles. The van der Waals surface area contributed by atoms with Gasteiger partial charge in [-0.1, -0.05) is 30.3 Å². The summed E-state index contributed by atoms with van der Waals surface area (Å²) in [5.41, 5.74) is 1.61. The second-order valence-electron chi connectivity index (χ2n) is 5.37. The SMILES string of the molecule is CCOC(=O)c1cncn1C(C)c1ccccc1.COC(C)O[PH](=O)OC. The zero-order chi connectivity index (χ0) is 20.2. The molecule has 0 aliphatic carbocycles. The van der Waals surface area contributed by atoms with Crippen LogP contribution in [0.25, 0.3) is 0 Å². The highest BCUT2D eigenvalue weighted by Crippen LogP contribution is 2.24. The number of hydrogen-bond donors (Lipinski definition) is 0. The van der Waals surface area contributed by atoms with Gasteiger partial charge in [-0.2, -0.15) is 0 Å². The van der Waals surface area contributed by atoms with Gasteiger partial charge >= 0.3 is 14.2 Å². The lowest BCUT2D eigenvalue weighted by molar-refractivity contribution is -0.0408.